The van der Waals surface area contributed by atoms with E-state index in [-0.39, 0.29) is 35.8 Å². The molecule has 3 aliphatic rings. The average molecular weight is 443 g/mol. The first-order chi connectivity index (χ1) is 15.1. The van der Waals surface area contributed by atoms with Gasteiger partial charge in [-0.1, -0.05) is 19.1 Å². The number of fused-ring (bicyclic) bond motifs is 3. The number of methoxy groups -OCH3 is 2. The van der Waals surface area contributed by atoms with E-state index in [4.69, 9.17) is 18.9 Å². The Morgan fingerprint density at radius 2 is 1.97 bits per heavy atom. The minimum Gasteiger partial charge on any atom is -0.495 e. The smallest absolute Gasteiger partial charge is 0.342 e. The zero-order valence-electron chi connectivity index (χ0n) is 20.1. The van der Waals surface area contributed by atoms with E-state index >= 15 is 0 Å². The first-order valence-electron chi connectivity index (χ1n) is 11.4. The van der Waals surface area contributed by atoms with Crippen LogP contribution < -0.4 is 9.47 Å². The number of carbonyl (C=O) groups is 2. The van der Waals surface area contributed by atoms with Crippen LogP contribution in [0.15, 0.2) is 12.2 Å². The van der Waals surface area contributed by atoms with Gasteiger partial charge in [0.25, 0.3) is 0 Å². The Kier molecular flexibility index (Phi) is 5.54. The summed E-state index contributed by atoms with van der Waals surface area (Å²) in [6, 6.07) is 0. The van der Waals surface area contributed by atoms with Gasteiger partial charge in [0.15, 0.2) is 0 Å². The van der Waals surface area contributed by atoms with Crippen molar-refractivity contribution in [2.24, 2.45) is 17.3 Å². The average Bonchev–Trinajstić information content (AvgIpc) is 3.13. The summed E-state index contributed by atoms with van der Waals surface area (Å²) in [5, 5.41) is 0. The van der Waals surface area contributed by atoms with Crippen LogP contribution in [0.4, 0.5) is 0 Å². The first kappa shape index (κ1) is 22.7. The molecule has 1 aromatic carbocycles. The van der Waals surface area contributed by atoms with Crippen molar-refractivity contribution < 1.29 is 28.5 Å². The minimum atomic E-state index is -0.392. The van der Waals surface area contributed by atoms with Gasteiger partial charge in [-0.3, -0.25) is 4.79 Å². The predicted octanol–water partition coefficient (Wildman–Crippen LogP) is 4.93. The van der Waals surface area contributed by atoms with Crippen molar-refractivity contribution in [1.29, 1.82) is 0 Å². The third-order valence-electron chi connectivity index (χ3n) is 8.32. The van der Waals surface area contributed by atoms with E-state index in [1.54, 1.807) is 7.11 Å². The van der Waals surface area contributed by atoms with Crippen LogP contribution in [-0.2, 0) is 27.3 Å². The van der Waals surface area contributed by atoms with E-state index in [1.807, 2.05) is 6.92 Å². The highest BCUT2D eigenvalue weighted by Crippen LogP contribution is 2.61. The zero-order valence-corrected chi connectivity index (χ0v) is 20.1. The molecule has 0 saturated heterocycles. The Balaban J connectivity index is 1.85. The summed E-state index contributed by atoms with van der Waals surface area (Å²) in [6.45, 7) is 13.1. The maximum atomic E-state index is 12.5. The van der Waals surface area contributed by atoms with Crippen molar-refractivity contribution in [3.63, 3.8) is 0 Å². The molecule has 174 valence electrons. The number of esters is 2. The van der Waals surface area contributed by atoms with E-state index in [0.717, 1.165) is 40.9 Å². The lowest BCUT2D eigenvalue weighted by Crippen LogP contribution is -2.58. The van der Waals surface area contributed by atoms with Crippen LogP contribution in [0.25, 0.3) is 0 Å². The number of cyclic esters (lactones) is 1. The zero-order chi connectivity index (χ0) is 23.4. The maximum Gasteiger partial charge on any atom is 0.342 e. The molecule has 1 saturated carbocycles. The molecule has 0 spiro atoms. The van der Waals surface area contributed by atoms with E-state index < -0.39 is 5.60 Å². The van der Waals surface area contributed by atoms with Crippen LogP contribution >= 0.6 is 0 Å². The monoisotopic (exact) mass is 442 g/mol. The second-order valence-electron chi connectivity index (χ2n) is 10.1. The molecule has 0 N–H and O–H groups in total. The van der Waals surface area contributed by atoms with E-state index in [9.17, 15) is 9.59 Å². The summed E-state index contributed by atoms with van der Waals surface area (Å²) in [5.41, 5.74) is 3.79. The second-order valence-corrected chi connectivity index (χ2v) is 10.1. The van der Waals surface area contributed by atoms with Gasteiger partial charge in [0.1, 0.15) is 29.3 Å². The molecule has 1 fully saturated rings. The largest absolute Gasteiger partial charge is 0.495 e. The molecule has 6 nitrogen and oxygen atoms in total. The van der Waals surface area contributed by atoms with E-state index in [2.05, 4.69) is 27.4 Å². The molecule has 1 aromatic rings. The van der Waals surface area contributed by atoms with Crippen molar-refractivity contribution in [2.75, 3.05) is 14.2 Å². The van der Waals surface area contributed by atoms with Gasteiger partial charge >= 0.3 is 11.9 Å². The molecular weight excluding hydrogens is 408 g/mol. The summed E-state index contributed by atoms with van der Waals surface area (Å²) >= 11 is 0. The molecule has 0 bridgehead atoms. The summed E-state index contributed by atoms with van der Waals surface area (Å²) in [5.74, 6) is 1.23. The Bertz CT molecular complexity index is 995. The molecule has 0 unspecified atom stereocenters. The Labute approximate surface area is 190 Å². The SMILES string of the molecule is C=C(C)[C@@H]1CC[C@]2(C)Oc3c(C)c4c(c(OC)c3C[C@@H]2[C@@]1(C)CCC(=O)OC)C(=O)OC4. The third-order valence-corrected chi connectivity index (χ3v) is 8.32. The predicted molar refractivity (Wildman–Crippen MR) is 120 cm³/mol. The standard InChI is InChI=1S/C26H34O6/c1-14(2)18-8-11-26(5)19(25(18,4)10-9-20(27)29-6)12-16-22(32-26)15(3)17-13-31-24(28)21(17)23(16)30-7/h18-19H,1,8-13H2,2-7H3/t18-,19+,25-,26-/m0/s1. The van der Waals surface area contributed by atoms with E-state index in [1.165, 1.54) is 7.11 Å². The van der Waals surface area contributed by atoms with Crippen molar-refractivity contribution >= 4 is 11.9 Å². The minimum absolute atomic E-state index is 0.117. The fourth-order valence-corrected chi connectivity index (χ4v) is 6.61. The molecule has 2 heterocycles. The molecule has 0 amide bonds. The van der Waals surface area contributed by atoms with Gasteiger partial charge in [-0.15, -0.1) is 0 Å². The molecule has 4 rings (SSSR count). The Morgan fingerprint density at radius 3 is 2.59 bits per heavy atom. The quantitative estimate of drug-likeness (QED) is 0.476. The van der Waals surface area contributed by atoms with Crippen molar-refractivity contribution in [1.82, 2.24) is 0 Å². The number of hydrogen-bond donors (Lipinski definition) is 0. The lowest BCUT2D eigenvalue weighted by Gasteiger charge is -2.58. The van der Waals surface area contributed by atoms with Crippen LogP contribution in [0.1, 0.15) is 73.5 Å². The van der Waals surface area contributed by atoms with Crippen LogP contribution in [0, 0.1) is 24.2 Å². The van der Waals surface area contributed by atoms with Crippen molar-refractivity contribution in [2.45, 2.75) is 72.0 Å². The molecular formula is C26H34O6. The molecule has 4 atom stereocenters. The number of rotatable bonds is 5. The molecule has 32 heavy (non-hydrogen) atoms. The van der Waals surface area contributed by atoms with Gasteiger partial charge in [0.2, 0.25) is 0 Å². The summed E-state index contributed by atoms with van der Waals surface area (Å²) < 4.78 is 22.9. The van der Waals surface area contributed by atoms with Gasteiger partial charge < -0.3 is 18.9 Å². The number of ether oxygens (including phenoxy) is 4. The normalized spacial score (nSPS) is 30.4. The lowest BCUT2D eigenvalue weighted by molar-refractivity contribution is -0.145. The molecule has 2 aliphatic heterocycles. The van der Waals surface area contributed by atoms with Gasteiger partial charge in [-0.2, -0.15) is 0 Å². The first-order valence-corrected chi connectivity index (χ1v) is 11.4. The fraction of sp³-hybridized carbons (Fsp3) is 0.615. The fourth-order valence-electron chi connectivity index (χ4n) is 6.61. The number of hydrogen-bond acceptors (Lipinski definition) is 6. The van der Waals surface area contributed by atoms with Crippen LogP contribution in [-0.4, -0.2) is 31.8 Å². The van der Waals surface area contributed by atoms with Crippen LogP contribution in [0.3, 0.4) is 0 Å². The maximum absolute atomic E-state index is 12.5. The topological polar surface area (TPSA) is 71.1 Å². The lowest BCUT2D eigenvalue weighted by atomic mass is 9.51. The summed E-state index contributed by atoms with van der Waals surface area (Å²) in [6.07, 6.45) is 3.60. The van der Waals surface area contributed by atoms with Gasteiger partial charge in [-0.05, 0) is 63.4 Å². The van der Waals surface area contributed by atoms with Crippen molar-refractivity contribution in [3.05, 3.63) is 34.4 Å². The highest BCUT2D eigenvalue weighted by atomic mass is 16.5. The number of allylic oxidation sites excluding steroid dienone is 1. The number of benzene rings is 1. The molecule has 1 aliphatic carbocycles. The van der Waals surface area contributed by atoms with Crippen LogP contribution in [0.5, 0.6) is 11.5 Å². The molecule has 6 heteroatoms. The van der Waals surface area contributed by atoms with Gasteiger partial charge in [0, 0.05) is 23.5 Å². The second kappa shape index (κ2) is 7.82. The van der Waals surface area contributed by atoms with E-state index in [0.29, 0.717) is 30.6 Å². The highest BCUT2D eigenvalue weighted by Gasteiger charge is 2.57. The van der Waals surface area contributed by atoms with Crippen molar-refractivity contribution in [3.8, 4) is 11.5 Å². The summed E-state index contributed by atoms with van der Waals surface area (Å²) in [4.78, 5) is 24.6. The number of carbonyl (C=O) groups excluding carboxylic acids is 2. The van der Waals surface area contributed by atoms with Gasteiger partial charge in [-0.25, -0.2) is 4.79 Å². The molecule has 0 aromatic heterocycles. The third kappa shape index (κ3) is 3.22. The molecule has 0 radical (unpaired) electrons. The van der Waals surface area contributed by atoms with Gasteiger partial charge in [0.05, 0.1) is 14.2 Å². The Morgan fingerprint density at radius 1 is 1.25 bits per heavy atom. The van der Waals surface area contributed by atoms with Crippen LogP contribution in [0.2, 0.25) is 0 Å². The highest BCUT2D eigenvalue weighted by molar-refractivity contribution is 5.98. The summed E-state index contributed by atoms with van der Waals surface area (Å²) in [7, 11) is 3.03. The Hall–Kier alpha value is -2.50.